The maximum Gasteiger partial charge on any atom is 0.100 e. The van der Waals surface area contributed by atoms with Gasteiger partial charge in [-0.25, -0.2) is 9.97 Å². The average Bonchev–Trinajstić information content (AvgIpc) is 4.10. The first kappa shape index (κ1) is 33.9. The molecular weight excluding hydrogens is 709 g/mol. The van der Waals surface area contributed by atoms with Crippen molar-refractivity contribution in [3.63, 3.8) is 0 Å². The molecule has 6 nitrogen and oxygen atoms in total. The predicted octanol–water partition coefficient (Wildman–Crippen LogP) is 12.9. The van der Waals surface area contributed by atoms with Crippen LogP contribution in [0, 0.1) is 0 Å². The summed E-state index contributed by atoms with van der Waals surface area (Å²) in [4.78, 5) is 9.70. The van der Waals surface area contributed by atoms with Crippen molar-refractivity contribution < 1.29 is 0 Å². The van der Waals surface area contributed by atoms with E-state index in [4.69, 9.17) is 9.97 Å². The minimum atomic E-state index is 0.954. The maximum atomic E-state index is 4.85. The van der Waals surface area contributed by atoms with E-state index in [1.54, 1.807) is 0 Å². The van der Waals surface area contributed by atoms with Gasteiger partial charge in [0.2, 0.25) is 0 Å². The summed E-state index contributed by atoms with van der Waals surface area (Å²) in [5.74, 6) is 0. The van der Waals surface area contributed by atoms with Gasteiger partial charge in [0.1, 0.15) is 12.7 Å². The van der Waals surface area contributed by atoms with Crippen molar-refractivity contribution in [1.82, 2.24) is 28.2 Å². The van der Waals surface area contributed by atoms with Crippen molar-refractivity contribution in [1.29, 1.82) is 0 Å². The fraction of sp³-hybridized carbons (Fsp3) is 0.0769. The van der Waals surface area contributed by atoms with Crippen LogP contribution in [0.5, 0.6) is 0 Å². The first-order valence-electron chi connectivity index (χ1n) is 20.1. The highest BCUT2D eigenvalue weighted by Crippen LogP contribution is 2.40. The summed E-state index contributed by atoms with van der Waals surface area (Å²) in [6.45, 7) is 2.25. The molecule has 4 aromatic heterocycles. The van der Waals surface area contributed by atoms with Gasteiger partial charge in [-0.1, -0.05) is 86.1 Å². The van der Waals surface area contributed by atoms with E-state index in [9.17, 15) is 0 Å². The number of para-hydroxylation sites is 5. The number of hydrogen-bond acceptors (Lipinski definition) is 2. The van der Waals surface area contributed by atoms with Crippen molar-refractivity contribution in [2.45, 2.75) is 26.2 Å². The SMILES string of the molecule is CCCCc1ccc2c(ccn2-c2ccc(-c3cc(-n4cnc5ccccc54)c(-c4ccc(-n5ccc6ccccc65)cc4)cc3-n3cnc4ccccc43)cc2)c1. The van der Waals surface area contributed by atoms with Gasteiger partial charge in [0.15, 0.2) is 0 Å². The largest absolute Gasteiger partial charge is 0.317 e. The molecule has 0 N–H and O–H groups in total. The number of unbranched alkanes of at least 4 members (excludes halogenated alkanes) is 1. The Hall–Kier alpha value is -7.44. The minimum Gasteiger partial charge on any atom is -0.317 e. The molecule has 0 aliphatic heterocycles. The van der Waals surface area contributed by atoms with Crippen LogP contribution in [-0.2, 0) is 6.42 Å². The van der Waals surface area contributed by atoms with Gasteiger partial charge in [-0.15, -0.1) is 0 Å². The van der Waals surface area contributed by atoms with E-state index in [0.717, 1.165) is 73.5 Å². The zero-order valence-electron chi connectivity index (χ0n) is 32.2. The number of imidazole rings is 2. The van der Waals surface area contributed by atoms with Crippen molar-refractivity contribution >= 4 is 43.9 Å². The third-order valence-electron chi connectivity index (χ3n) is 11.6. The fourth-order valence-electron chi connectivity index (χ4n) is 8.61. The predicted molar refractivity (Wildman–Crippen MR) is 239 cm³/mol. The fourth-order valence-corrected chi connectivity index (χ4v) is 8.61. The van der Waals surface area contributed by atoms with Gasteiger partial charge >= 0.3 is 0 Å². The van der Waals surface area contributed by atoms with Crippen LogP contribution >= 0.6 is 0 Å². The Balaban J connectivity index is 1.09. The van der Waals surface area contributed by atoms with Gasteiger partial charge < -0.3 is 9.13 Å². The van der Waals surface area contributed by atoms with Crippen molar-refractivity contribution in [2.24, 2.45) is 0 Å². The Morgan fingerprint density at radius 2 is 0.931 bits per heavy atom. The molecule has 0 saturated heterocycles. The number of rotatable bonds is 9. The van der Waals surface area contributed by atoms with Gasteiger partial charge in [0.25, 0.3) is 0 Å². The average molecular weight is 749 g/mol. The van der Waals surface area contributed by atoms with Crippen molar-refractivity contribution in [2.75, 3.05) is 0 Å². The van der Waals surface area contributed by atoms with E-state index in [2.05, 4.69) is 189 Å². The third-order valence-corrected chi connectivity index (χ3v) is 11.6. The number of aromatic nitrogens is 6. The lowest BCUT2D eigenvalue weighted by atomic mass is 9.95. The molecule has 6 heteroatoms. The van der Waals surface area contributed by atoms with Gasteiger partial charge in [0, 0.05) is 40.3 Å². The lowest BCUT2D eigenvalue weighted by Crippen LogP contribution is -2.03. The first-order chi connectivity index (χ1) is 28.7. The van der Waals surface area contributed by atoms with Crippen LogP contribution in [0.3, 0.4) is 0 Å². The van der Waals surface area contributed by atoms with Crippen molar-refractivity contribution in [3.05, 3.63) is 194 Å². The molecule has 0 amide bonds. The van der Waals surface area contributed by atoms with E-state index in [1.807, 2.05) is 24.8 Å². The number of fused-ring (bicyclic) bond motifs is 4. The zero-order chi connectivity index (χ0) is 38.6. The zero-order valence-corrected chi connectivity index (χ0v) is 32.2. The van der Waals surface area contributed by atoms with Crippen LogP contribution in [0.25, 0.3) is 88.9 Å². The highest BCUT2D eigenvalue weighted by molar-refractivity contribution is 5.90. The number of benzene rings is 7. The Labute approximate surface area is 336 Å². The van der Waals surface area contributed by atoms with E-state index in [1.165, 1.54) is 40.2 Å². The molecule has 0 unspecified atom stereocenters. The van der Waals surface area contributed by atoms with Crippen LogP contribution < -0.4 is 0 Å². The molecule has 0 saturated carbocycles. The summed E-state index contributed by atoms with van der Waals surface area (Å²) >= 11 is 0. The highest BCUT2D eigenvalue weighted by Gasteiger charge is 2.20. The van der Waals surface area contributed by atoms with Crippen molar-refractivity contribution in [3.8, 4) is 45.0 Å². The second-order valence-electron chi connectivity index (χ2n) is 15.1. The molecular formula is C52H40N6. The summed E-state index contributed by atoms with van der Waals surface area (Å²) < 4.78 is 9.00. The highest BCUT2D eigenvalue weighted by atomic mass is 15.1. The molecule has 58 heavy (non-hydrogen) atoms. The third kappa shape index (κ3) is 5.72. The summed E-state index contributed by atoms with van der Waals surface area (Å²) in [7, 11) is 0. The van der Waals surface area contributed by atoms with Crippen LogP contribution in [0.2, 0.25) is 0 Å². The molecule has 0 aliphatic carbocycles. The molecule has 7 aromatic carbocycles. The van der Waals surface area contributed by atoms with E-state index < -0.39 is 0 Å². The Kier molecular flexibility index (Phi) is 8.14. The molecule has 0 fully saturated rings. The molecule has 278 valence electrons. The number of aryl methyl sites for hydroxylation is 1. The van der Waals surface area contributed by atoms with Crippen LogP contribution in [-0.4, -0.2) is 28.2 Å². The standard InChI is InChI=1S/C52H40N6/c1-2-3-10-36-17-26-48-40(31-36)28-30-56(48)42-24-20-38(21-25-42)44-33-51(57-34-53-45-12-5-8-15-49(45)57)43(32-52(44)58-35-54-46-13-6-9-16-50(46)58)37-18-22-41(23-19-37)55-29-27-39-11-4-7-14-47(39)55/h4-9,11-35H,2-3,10H2,1H3. The quantitative estimate of drug-likeness (QED) is 0.148. The second kappa shape index (κ2) is 13.9. The molecule has 0 atom stereocenters. The minimum absolute atomic E-state index is 0.954. The smallest absolute Gasteiger partial charge is 0.100 e. The summed E-state index contributed by atoms with van der Waals surface area (Å²) in [5.41, 5.74) is 16.6. The van der Waals surface area contributed by atoms with Crippen LogP contribution in [0.15, 0.2) is 189 Å². The Bertz CT molecular complexity index is 3260. The molecule has 4 heterocycles. The summed E-state index contributed by atoms with van der Waals surface area (Å²) in [5, 5.41) is 2.49. The van der Waals surface area contributed by atoms with E-state index in [0.29, 0.717) is 0 Å². The van der Waals surface area contributed by atoms with Crippen LogP contribution in [0.4, 0.5) is 0 Å². The second-order valence-corrected chi connectivity index (χ2v) is 15.1. The van der Waals surface area contributed by atoms with Crippen LogP contribution in [0.1, 0.15) is 25.3 Å². The number of nitrogens with zero attached hydrogens (tertiary/aromatic N) is 6. The van der Waals surface area contributed by atoms with E-state index in [-0.39, 0.29) is 0 Å². The summed E-state index contributed by atoms with van der Waals surface area (Å²) in [6, 6.07) is 59.0. The monoisotopic (exact) mass is 748 g/mol. The maximum absolute atomic E-state index is 4.85. The summed E-state index contributed by atoms with van der Waals surface area (Å²) in [6.07, 6.45) is 11.8. The molecule has 0 aliphatic rings. The van der Waals surface area contributed by atoms with E-state index >= 15 is 0 Å². The molecule has 0 bridgehead atoms. The molecule has 0 radical (unpaired) electrons. The molecule has 0 spiro atoms. The lowest BCUT2D eigenvalue weighted by Gasteiger charge is -2.20. The molecule has 11 aromatic rings. The Morgan fingerprint density at radius 1 is 0.431 bits per heavy atom. The lowest BCUT2D eigenvalue weighted by molar-refractivity contribution is 0.796. The topological polar surface area (TPSA) is 45.5 Å². The number of hydrogen-bond donors (Lipinski definition) is 0. The first-order valence-corrected chi connectivity index (χ1v) is 20.1. The van der Waals surface area contributed by atoms with Gasteiger partial charge in [-0.2, -0.15) is 0 Å². The van der Waals surface area contributed by atoms with Gasteiger partial charge in [-0.3, -0.25) is 9.13 Å². The van der Waals surface area contributed by atoms with Gasteiger partial charge in [-0.05, 0) is 126 Å². The van der Waals surface area contributed by atoms with Gasteiger partial charge in [0.05, 0.1) is 44.5 Å². The molecule has 11 rings (SSSR count). The normalized spacial score (nSPS) is 11.7. The Morgan fingerprint density at radius 3 is 1.50 bits per heavy atom.